The van der Waals surface area contributed by atoms with Gasteiger partial charge in [0.2, 0.25) is 0 Å². The number of primary amides is 1. The van der Waals surface area contributed by atoms with Gasteiger partial charge in [0.15, 0.2) is 5.82 Å². The number of rotatable bonds is 2. The SMILES string of the molecule is NC(=O)c1cccnc1-n1cc2cc(F)ccc2n1. The Bertz CT molecular complexity index is 781. The maximum atomic E-state index is 13.1. The van der Waals surface area contributed by atoms with Gasteiger partial charge in [-0.2, -0.15) is 5.10 Å². The van der Waals surface area contributed by atoms with Crippen LogP contribution in [0.4, 0.5) is 4.39 Å². The number of benzene rings is 1. The first-order valence-corrected chi connectivity index (χ1v) is 5.55. The van der Waals surface area contributed by atoms with E-state index in [9.17, 15) is 9.18 Å². The Kier molecular flexibility index (Phi) is 2.49. The molecule has 5 nitrogen and oxygen atoms in total. The second kappa shape index (κ2) is 4.16. The Morgan fingerprint density at radius 2 is 2.16 bits per heavy atom. The molecule has 2 N–H and O–H groups in total. The molecular weight excluding hydrogens is 247 g/mol. The van der Waals surface area contributed by atoms with Crippen LogP contribution in [0.2, 0.25) is 0 Å². The van der Waals surface area contributed by atoms with E-state index in [0.29, 0.717) is 16.7 Å². The minimum atomic E-state index is -0.589. The first-order valence-electron chi connectivity index (χ1n) is 5.55. The fraction of sp³-hybridized carbons (Fsp3) is 0. The Morgan fingerprint density at radius 3 is 2.95 bits per heavy atom. The number of fused-ring (bicyclic) bond motifs is 1. The van der Waals surface area contributed by atoms with Gasteiger partial charge in [-0.05, 0) is 30.3 Å². The summed E-state index contributed by atoms with van der Waals surface area (Å²) in [5.74, 6) is -0.608. The lowest BCUT2D eigenvalue weighted by molar-refractivity contribution is 0.1000. The third-order valence-electron chi connectivity index (χ3n) is 2.74. The van der Waals surface area contributed by atoms with Crippen molar-refractivity contribution in [1.29, 1.82) is 0 Å². The van der Waals surface area contributed by atoms with Crippen molar-refractivity contribution in [3.05, 3.63) is 54.1 Å². The van der Waals surface area contributed by atoms with Crippen molar-refractivity contribution in [1.82, 2.24) is 14.8 Å². The van der Waals surface area contributed by atoms with E-state index < -0.39 is 5.91 Å². The number of amides is 1. The first-order chi connectivity index (χ1) is 9.15. The largest absolute Gasteiger partial charge is 0.365 e. The van der Waals surface area contributed by atoms with Crippen LogP contribution in [0, 0.1) is 5.82 Å². The number of nitrogens with zero attached hydrogens (tertiary/aromatic N) is 3. The fourth-order valence-corrected chi connectivity index (χ4v) is 1.88. The van der Waals surface area contributed by atoms with Crippen LogP contribution in [0.25, 0.3) is 16.7 Å². The zero-order valence-corrected chi connectivity index (χ0v) is 9.75. The Labute approximate surface area is 107 Å². The number of halogens is 1. The van der Waals surface area contributed by atoms with Gasteiger partial charge in [0.25, 0.3) is 5.91 Å². The number of carbonyl (C=O) groups excluding carboxylic acids is 1. The molecule has 0 spiro atoms. The summed E-state index contributed by atoms with van der Waals surface area (Å²) in [6, 6.07) is 7.44. The number of carbonyl (C=O) groups is 1. The van der Waals surface area contributed by atoms with Crippen LogP contribution in [0.3, 0.4) is 0 Å². The highest BCUT2D eigenvalue weighted by atomic mass is 19.1. The summed E-state index contributed by atoms with van der Waals surface area (Å²) < 4.78 is 14.5. The molecule has 1 amide bonds. The van der Waals surface area contributed by atoms with Crippen molar-refractivity contribution < 1.29 is 9.18 Å². The summed E-state index contributed by atoms with van der Waals surface area (Å²) in [6.07, 6.45) is 3.14. The molecule has 3 rings (SSSR count). The summed E-state index contributed by atoms with van der Waals surface area (Å²) in [6.45, 7) is 0. The van der Waals surface area contributed by atoms with Crippen LogP contribution in [-0.2, 0) is 0 Å². The van der Waals surface area contributed by atoms with Crippen LogP contribution >= 0.6 is 0 Å². The van der Waals surface area contributed by atoms with E-state index in [1.165, 1.54) is 23.0 Å². The molecule has 0 bridgehead atoms. The summed E-state index contributed by atoms with van der Waals surface area (Å²) in [5.41, 5.74) is 6.16. The van der Waals surface area contributed by atoms with Crippen molar-refractivity contribution in [2.75, 3.05) is 0 Å². The van der Waals surface area contributed by atoms with Crippen molar-refractivity contribution in [2.24, 2.45) is 5.73 Å². The van der Waals surface area contributed by atoms with Gasteiger partial charge in [-0.3, -0.25) is 4.79 Å². The van der Waals surface area contributed by atoms with Crippen LogP contribution in [0.5, 0.6) is 0 Å². The van der Waals surface area contributed by atoms with Crippen molar-refractivity contribution in [2.45, 2.75) is 0 Å². The average molecular weight is 256 g/mol. The molecule has 1 aromatic carbocycles. The summed E-state index contributed by atoms with van der Waals surface area (Å²) in [7, 11) is 0. The molecule has 0 unspecified atom stereocenters. The highest BCUT2D eigenvalue weighted by Crippen LogP contribution is 2.17. The van der Waals surface area contributed by atoms with Crippen LogP contribution < -0.4 is 5.73 Å². The summed E-state index contributed by atoms with van der Waals surface area (Å²) in [5, 5.41) is 4.87. The average Bonchev–Trinajstić information content (AvgIpc) is 2.81. The van der Waals surface area contributed by atoms with E-state index in [4.69, 9.17) is 5.73 Å². The molecule has 0 radical (unpaired) electrons. The highest BCUT2D eigenvalue weighted by Gasteiger charge is 2.12. The third kappa shape index (κ3) is 1.93. The molecule has 2 aromatic heterocycles. The summed E-state index contributed by atoms with van der Waals surface area (Å²) in [4.78, 5) is 15.4. The van der Waals surface area contributed by atoms with Crippen molar-refractivity contribution in [3.63, 3.8) is 0 Å². The molecule has 0 aliphatic rings. The minimum Gasteiger partial charge on any atom is -0.365 e. The number of hydrogen-bond donors (Lipinski definition) is 1. The fourth-order valence-electron chi connectivity index (χ4n) is 1.88. The lowest BCUT2D eigenvalue weighted by Gasteiger charge is -2.03. The standard InChI is InChI=1S/C13H9FN4O/c14-9-3-4-11-8(6-9)7-18(17-11)13-10(12(15)19)2-1-5-16-13/h1-7H,(H2,15,19). The second-order valence-electron chi connectivity index (χ2n) is 4.02. The van der Waals surface area contributed by atoms with Gasteiger partial charge < -0.3 is 5.73 Å². The maximum absolute atomic E-state index is 13.1. The van der Waals surface area contributed by atoms with Crippen LogP contribution in [0.15, 0.2) is 42.7 Å². The van der Waals surface area contributed by atoms with Gasteiger partial charge in [-0.15, -0.1) is 0 Å². The van der Waals surface area contributed by atoms with Gasteiger partial charge in [-0.1, -0.05) is 0 Å². The zero-order valence-electron chi connectivity index (χ0n) is 9.75. The molecule has 2 heterocycles. The normalized spacial score (nSPS) is 10.8. The highest BCUT2D eigenvalue weighted by molar-refractivity contribution is 5.96. The quantitative estimate of drug-likeness (QED) is 0.757. The van der Waals surface area contributed by atoms with Gasteiger partial charge in [0.05, 0.1) is 11.1 Å². The molecule has 94 valence electrons. The Balaban J connectivity index is 2.22. The van der Waals surface area contributed by atoms with E-state index >= 15 is 0 Å². The molecule has 0 saturated heterocycles. The molecule has 19 heavy (non-hydrogen) atoms. The third-order valence-corrected chi connectivity index (χ3v) is 2.74. The molecule has 0 aliphatic heterocycles. The molecule has 3 aromatic rings. The Morgan fingerprint density at radius 1 is 1.32 bits per heavy atom. The predicted molar refractivity (Wildman–Crippen MR) is 67.3 cm³/mol. The lowest BCUT2D eigenvalue weighted by Crippen LogP contribution is -2.15. The van der Waals surface area contributed by atoms with Gasteiger partial charge in [0, 0.05) is 17.8 Å². The van der Waals surface area contributed by atoms with Crippen LogP contribution in [-0.4, -0.2) is 20.7 Å². The number of pyridine rings is 1. The zero-order chi connectivity index (χ0) is 13.4. The monoisotopic (exact) mass is 256 g/mol. The van der Waals surface area contributed by atoms with Gasteiger partial charge in [0.1, 0.15) is 5.82 Å². The maximum Gasteiger partial charge on any atom is 0.252 e. The predicted octanol–water partition coefficient (Wildman–Crippen LogP) is 1.66. The van der Waals surface area contributed by atoms with Crippen molar-refractivity contribution >= 4 is 16.8 Å². The van der Waals surface area contributed by atoms with E-state index in [1.807, 2.05) is 0 Å². The lowest BCUT2D eigenvalue weighted by atomic mass is 10.2. The first kappa shape index (κ1) is 11.3. The van der Waals surface area contributed by atoms with E-state index in [2.05, 4.69) is 10.1 Å². The Hall–Kier alpha value is -2.76. The van der Waals surface area contributed by atoms with E-state index in [0.717, 1.165) is 0 Å². The number of nitrogens with two attached hydrogens (primary N) is 1. The van der Waals surface area contributed by atoms with E-state index in [1.54, 1.807) is 24.4 Å². The number of hydrogen-bond acceptors (Lipinski definition) is 3. The molecular formula is C13H9FN4O. The molecule has 6 heteroatoms. The van der Waals surface area contributed by atoms with Gasteiger partial charge >= 0.3 is 0 Å². The van der Waals surface area contributed by atoms with Crippen molar-refractivity contribution in [3.8, 4) is 5.82 Å². The molecule has 0 aliphatic carbocycles. The molecule has 0 fully saturated rings. The summed E-state index contributed by atoms with van der Waals surface area (Å²) >= 11 is 0. The number of aromatic nitrogens is 3. The second-order valence-corrected chi connectivity index (χ2v) is 4.02. The van der Waals surface area contributed by atoms with E-state index in [-0.39, 0.29) is 11.4 Å². The molecule has 0 saturated carbocycles. The van der Waals surface area contributed by atoms with Gasteiger partial charge in [-0.25, -0.2) is 14.1 Å². The minimum absolute atomic E-state index is 0.260. The topological polar surface area (TPSA) is 73.8 Å². The van der Waals surface area contributed by atoms with Crippen LogP contribution in [0.1, 0.15) is 10.4 Å². The molecule has 0 atom stereocenters. The smallest absolute Gasteiger partial charge is 0.252 e.